The highest BCUT2D eigenvalue weighted by atomic mass is 35.5. The molecular formula is C18H17Cl2NO4. The summed E-state index contributed by atoms with van der Waals surface area (Å²) in [5.74, 6) is -0.298. The summed E-state index contributed by atoms with van der Waals surface area (Å²) in [6.45, 7) is 0.380. The van der Waals surface area contributed by atoms with Crippen molar-refractivity contribution in [3.05, 3.63) is 63.6 Å². The average Bonchev–Trinajstić information content (AvgIpc) is 2.61. The van der Waals surface area contributed by atoms with Gasteiger partial charge in [0.1, 0.15) is 12.4 Å². The van der Waals surface area contributed by atoms with Gasteiger partial charge in [0.15, 0.2) is 0 Å². The number of carbonyl (C=O) groups excluding carboxylic acids is 2. The number of ether oxygens (including phenoxy) is 2. The topological polar surface area (TPSA) is 64.6 Å². The summed E-state index contributed by atoms with van der Waals surface area (Å²) < 4.78 is 10.3. The molecule has 0 aliphatic carbocycles. The molecular weight excluding hydrogens is 365 g/mol. The van der Waals surface area contributed by atoms with Crippen molar-refractivity contribution in [1.82, 2.24) is 5.32 Å². The number of amides is 1. The van der Waals surface area contributed by atoms with Crippen LogP contribution in [0.5, 0.6) is 5.75 Å². The summed E-state index contributed by atoms with van der Waals surface area (Å²) in [5.41, 5.74) is 1.13. The van der Waals surface area contributed by atoms with Crippen molar-refractivity contribution < 1.29 is 19.1 Å². The number of hydrogen-bond acceptors (Lipinski definition) is 4. The van der Waals surface area contributed by atoms with Gasteiger partial charge in [0.25, 0.3) is 5.91 Å². The van der Waals surface area contributed by atoms with Gasteiger partial charge in [-0.3, -0.25) is 9.59 Å². The van der Waals surface area contributed by atoms with Crippen LogP contribution in [0.25, 0.3) is 0 Å². The van der Waals surface area contributed by atoms with Crippen molar-refractivity contribution >= 4 is 35.1 Å². The molecule has 132 valence electrons. The molecule has 0 saturated heterocycles. The summed E-state index contributed by atoms with van der Waals surface area (Å²) in [5, 5.41) is 3.69. The van der Waals surface area contributed by atoms with E-state index in [1.165, 1.54) is 7.11 Å². The molecule has 0 atom stereocenters. The predicted octanol–water partition coefficient (Wildman–Crippen LogP) is 3.87. The molecule has 2 aromatic carbocycles. The molecule has 7 heteroatoms. The first-order chi connectivity index (χ1) is 12.0. The fourth-order valence-corrected chi connectivity index (χ4v) is 2.51. The lowest BCUT2D eigenvalue weighted by Gasteiger charge is -2.12. The van der Waals surface area contributed by atoms with Gasteiger partial charge in [0.2, 0.25) is 0 Å². The molecule has 25 heavy (non-hydrogen) atoms. The normalized spacial score (nSPS) is 10.2. The van der Waals surface area contributed by atoms with Crippen molar-refractivity contribution in [2.45, 2.75) is 13.0 Å². The zero-order valence-corrected chi connectivity index (χ0v) is 15.1. The summed E-state index contributed by atoms with van der Waals surface area (Å²) in [7, 11) is 1.30. The fourth-order valence-electron chi connectivity index (χ4n) is 2.05. The van der Waals surface area contributed by atoms with Crippen molar-refractivity contribution in [2.75, 3.05) is 13.7 Å². The largest absolute Gasteiger partial charge is 0.488 e. The van der Waals surface area contributed by atoms with E-state index >= 15 is 0 Å². The van der Waals surface area contributed by atoms with E-state index in [4.69, 9.17) is 27.9 Å². The van der Waals surface area contributed by atoms with E-state index in [1.54, 1.807) is 42.5 Å². The molecule has 0 unspecified atom stereocenters. The van der Waals surface area contributed by atoms with E-state index in [1.807, 2.05) is 0 Å². The highest BCUT2D eigenvalue weighted by Crippen LogP contribution is 2.24. The monoisotopic (exact) mass is 381 g/mol. The number of esters is 1. The SMILES string of the molecule is COC(=O)CCNC(=O)c1ccccc1OCc1ccc(Cl)cc1Cl. The number of hydrogen-bond donors (Lipinski definition) is 1. The molecule has 0 heterocycles. The standard InChI is InChI=1S/C18H17Cl2NO4/c1-24-17(22)8-9-21-18(23)14-4-2-3-5-16(14)25-11-12-6-7-13(19)10-15(12)20/h2-7,10H,8-9,11H2,1H3,(H,21,23). The molecule has 0 radical (unpaired) electrons. The Labute approximate surface area is 155 Å². The van der Waals surface area contributed by atoms with Crippen LogP contribution in [0.2, 0.25) is 10.0 Å². The Bertz CT molecular complexity index is 764. The highest BCUT2D eigenvalue weighted by Gasteiger charge is 2.13. The van der Waals surface area contributed by atoms with Crippen LogP contribution in [-0.4, -0.2) is 25.5 Å². The predicted molar refractivity (Wildman–Crippen MR) is 96.2 cm³/mol. The molecule has 0 fully saturated rings. The minimum absolute atomic E-state index is 0.103. The lowest BCUT2D eigenvalue weighted by molar-refractivity contribution is -0.140. The maximum Gasteiger partial charge on any atom is 0.307 e. The fraction of sp³-hybridized carbons (Fsp3) is 0.222. The van der Waals surface area contributed by atoms with Crippen LogP contribution < -0.4 is 10.1 Å². The van der Waals surface area contributed by atoms with Gasteiger partial charge in [-0.05, 0) is 24.3 Å². The maximum absolute atomic E-state index is 12.3. The molecule has 2 aromatic rings. The second-order valence-electron chi connectivity index (χ2n) is 5.10. The minimum Gasteiger partial charge on any atom is -0.488 e. The Kier molecular flexibility index (Phi) is 7.10. The summed E-state index contributed by atoms with van der Waals surface area (Å²) in [6.07, 6.45) is 0.103. The average molecular weight is 382 g/mol. The summed E-state index contributed by atoms with van der Waals surface area (Å²) in [6, 6.07) is 12.0. The Hall–Kier alpha value is -2.24. The first kappa shape index (κ1) is 19.1. The van der Waals surface area contributed by atoms with Crippen molar-refractivity contribution in [1.29, 1.82) is 0 Å². The lowest BCUT2D eigenvalue weighted by atomic mass is 10.2. The minimum atomic E-state index is -0.387. The number of halogens is 2. The number of rotatable bonds is 7. The van der Waals surface area contributed by atoms with Crippen molar-refractivity contribution in [3.63, 3.8) is 0 Å². The van der Waals surface area contributed by atoms with Crippen LogP contribution in [0, 0.1) is 0 Å². The van der Waals surface area contributed by atoms with E-state index in [0.717, 1.165) is 5.56 Å². The molecule has 1 N–H and O–H groups in total. The second kappa shape index (κ2) is 9.30. The van der Waals surface area contributed by atoms with Gasteiger partial charge in [-0.2, -0.15) is 0 Å². The summed E-state index contributed by atoms with van der Waals surface area (Å²) >= 11 is 12.0. The molecule has 0 spiro atoms. The van der Waals surface area contributed by atoms with Gasteiger partial charge in [0.05, 0.1) is 19.1 Å². The molecule has 5 nitrogen and oxygen atoms in total. The highest BCUT2D eigenvalue weighted by molar-refractivity contribution is 6.35. The van der Waals surface area contributed by atoms with Gasteiger partial charge < -0.3 is 14.8 Å². The molecule has 0 aromatic heterocycles. The Morgan fingerprint density at radius 2 is 1.88 bits per heavy atom. The van der Waals surface area contributed by atoms with Crippen LogP contribution in [0.3, 0.4) is 0 Å². The Balaban J connectivity index is 2.02. The summed E-state index contributed by atoms with van der Waals surface area (Å²) in [4.78, 5) is 23.4. The van der Waals surface area contributed by atoms with E-state index < -0.39 is 0 Å². The van der Waals surface area contributed by atoms with Crippen LogP contribution in [-0.2, 0) is 16.1 Å². The molecule has 0 aliphatic rings. The third-order valence-corrected chi connectivity index (χ3v) is 3.96. The smallest absolute Gasteiger partial charge is 0.307 e. The second-order valence-corrected chi connectivity index (χ2v) is 5.95. The van der Waals surface area contributed by atoms with Crippen LogP contribution >= 0.6 is 23.2 Å². The van der Waals surface area contributed by atoms with Gasteiger partial charge in [-0.25, -0.2) is 0 Å². The molecule has 0 saturated carbocycles. The van der Waals surface area contributed by atoms with Crippen LogP contribution in [0.1, 0.15) is 22.3 Å². The number of nitrogens with one attached hydrogen (secondary N) is 1. The zero-order chi connectivity index (χ0) is 18.2. The van der Waals surface area contributed by atoms with E-state index in [2.05, 4.69) is 10.1 Å². The molecule has 0 aliphatic heterocycles. The maximum atomic E-state index is 12.3. The molecule has 2 rings (SSSR count). The van der Waals surface area contributed by atoms with Gasteiger partial charge >= 0.3 is 5.97 Å². The lowest BCUT2D eigenvalue weighted by Crippen LogP contribution is -2.26. The van der Waals surface area contributed by atoms with Crippen LogP contribution in [0.4, 0.5) is 0 Å². The van der Waals surface area contributed by atoms with Crippen molar-refractivity contribution in [3.8, 4) is 5.75 Å². The number of methoxy groups -OCH3 is 1. The number of carbonyl (C=O) groups is 2. The first-order valence-electron chi connectivity index (χ1n) is 7.52. The van der Waals surface area contributed by atoms with Crippen molar-refractivity contribution in [2.24, 2.45) is 0 Å². The third kappa shape index (κ3) is 5.66. The Morgan fingerprint density at radius 3 is 2.60 bits per heavy atom. The molecule has 0 bridgehead atoms. The van der Waals surface area contributed by atoms with E-state index in [-0.39, 0.29) is 31.4 Å². The zero-order valence-electron chi connectivity index (χ0n) is 13.6. The number of para-hydroxylation sites is 1. The van der Waals surface area contributed by atoms with Gasteiger partial charge in [-0.1, -0.05) is 41.4 Å². The number of benzene rings is 2. The quantitative estimate of drug-likeness (QED) is 0.739. The Morgan fingerprint density at radius 1 is 1.12 bits per heavy atom. The van der Waals surface area contributed by atoms with Crippen LogP contribution in [0.15, 0.2) is 42.5 Å². The third-order valence-electron chi connectivity index (χ3n) is 3.37. The van der Waals surface area contributed by atoms with E-state index in [0.29, 0.717) is 21.4 Å². The van der Waals surface area contributed by atoms with E-state index in [9.17, 15) is 9.59 Å². The molecule has 1 amide bonds. The van der Waals surface area contributed by atoms with Gasteiger partial charge in [-0.15, -0.1) is 0 Å². The van der Waals surface area contributed by atoms with Gasteiger partial charge in [0, 0.05) is 22.2 Å². The first-order valence-corrected chi connectivity index (χ1v) is 8.27.